The molecule has 19 heteroatoms. The van der Waals surface area contributed by atoms with Crippen LogP contribution in [0.15, 0.2) is 12.2 Å². The van der Waals surface area contributed by atoms with Crippen LogP contribution in [0, 0.1) is 0 Å². The first-order chi connectivity index (χ1) is 26.1. The first-order valence-corrected chi connectivity index (χ1v) is 19.2. The average molecular weight is 797 g/mol. The number of aliphatic hydroxyl groups is 9. The molecule has 2 aliphatic rings. The van der Waals surface area contributed by atoms with E-state index in [4.69, 9.17) is 18.9 Å². The maximum atomic E-state index is 12.7. The second-order valence-electron chi connectivity index (χ2n) is 14.3. The minimum absolute atomic E-state index is 0.678. The predicted molar refractivity (Wildman–Crippen MR) is 192 cm³/mol. The molecule has 0 radical (unpaired) electrons. The Hall–Kier alpha value is -2.53. The normalized spacial score (nSPS) is 30.7. The van der Waals surface area contributed by atoms with Crippen LogP contribution in [0.1, 0.15) is 97.3 Å². The summed E-state index contributed by atoms with van der Waals surface area (Å²) in [6, 6.07) is -2.71. The number of hydrogen-bond acceptors (Lipinski definition) is 16. The Balaban J connectivity index is 1.96. The van der Waals surface area contributed by atoms with Crippen molar-refractivity contribution in [2.45, 2.75) is 176 Å². The minimum atomic E-state index is -2.82. The molecule has 13 unspecified atom stereocenters. The zero-order valence-electron chi connectivity index (χ0n) is 31.7. The molecule has 2 heterocycles. The topological polar surface area (TPSA) is 314 Å². The second kappa shape index (κ2) is 25.0. The molecule has 0 spiro atoms. The Kier molecular flexibility index (Phi) is 22.1. The molecular formula is C36H64N2O17. The molecule has 0 aromatic rings. The van der Waals surface area contributed by atoms with Crippen molar-refractivity contribution in [3.05, 3.63) is 12.2 Å². The van der Waals surface area contributed by atoms with E-state index in [2.05, 4.69) is 17.6 Å². The van der Waals surface area contributed by atoms with Crippen molar-refractivity contribution in [3.63, 3.8) is 0 Å². The lowest BCUT2D eigenvalue weighted by molar-refractivity contribution is -0.333. The van der Waals surface area contributed by atoms with Crippen molar-refractivity contribution in [2.24, 2.45) is 0 Å². The summed E-state index contributed by atoms with van der Waals surface area (Å²) in [5.41, 5.74) is 0. The zero-order chi connectivity index (χ0) is 41.1. The van der Waals surface area contributed by atoms with Crippen LogP contribution in [0.3, 0.4) is 0 Å². The van der Waals surface area contributed by atoms with Gasteiger partial charge in [-0.2, -0.15) is 0 Å². The summed E-state index contributed by atoms with van der Waals surface area (Å²) < 4.78 is 21.5. The Labute approximate surface area is 321 Å². The molecular weight excluding hydrogens is 732 g/mol. The van der Waals surface area contributed by atoms with Crippen molar-refractivity contribution in [1.82, 2.24) is 10.6 Å². The van der Waals surface area contributed by atoms with Crippen molar-refractivity contribution >= 4 is 18.0 Å². The van der Waals surface area contributed by atoms with E-state index in [9.17, 15) is 65.4 Å². The summed E-state index contributed by atoms with van der Waals surface area (Å²) in [6.45, 7) is 0.605. The van der Waals surface area contributed by atoms with Crippen LogP contribution in [0.4, 0.5) is 4.79 Å². The highest BCUT2D eigenvalue weighted by Gasteiger charge is 2.57. The number of aliphatic carboxylic acids is 1. The van der Waals surface area contributed by atoms with Gasteiger partial charge in [0.2, 0.25) is 12.2 Å². The van der Waals surface area contributed by atoms with E-state index < -0.39 is 123 Å². The number of rotatable bonds is 25. The lowest BCUT2D eigenvalue weighted by Crippen LogP contribution is -2.68. The highest BCUT2D eigenvalue weighted by molar-refractivity contribution is 5.76. The molecule has 19 nitrogen and oxygen atoms in total. The molecule has 12 N–H and O–H groups in total. The number of unbranched alkanes of at least 4 members (excludes halogenated alkanes) is 11. The summed E-state index contributed by atoms with van der Waals surface area (Å²) >= 11 is 0. The van der Waals surface area contributed by atoms with E-state index in [1.807, 2.05) is 0 Å². The van der Waals surface area contributed by atoms with Gasteiger partial charge in [-0.15, -0.1) is 0 Å². The minimum Gasteiger partial charge on any atom is -0.477 e. The van der Waals surface area contributed by atoms with Crippen LogP contribution in [0.25, 0.3) is 0 Å². The van der Waals surface area contributed by atoms with Gasteiger partial charge in [-0.25, -0.2) is 9.59 Å². The number of carboxylic acid groups (broad SMARTS) is 1. The molecule has 0 bridgehead atoms. The average Bonchev–Trinajstić information content (AvgIpc) is 3.15. The van der Waals surface area contributed by atoms with Crippen molar-refractivity contribution in [3.8, 4) is 0 Å². The highest BCUT2D eigenvalue weighted by atomic mass is 16.8. The zero-order valence-corrected chi connectivity index (χ0v) is 31.7. The number of nitrogens with one attached hydrogen (secondary N) is 2. The van der Waals surface area contributed by atoms with E-state index in [0.717, 1.165) is 26.2 Å². The van der Waals surface area contributed by atoms with Gasteiger partial charge in [0.25, 0.3) is 5.79 Å². The second-order valence-corrected chi connectivity index (χ2v) is 14.3. The fourth-order valence-electron chi connectivity index (χ4n) is 6.47. The van der Waals surface area contributed by atoms with Crippen LogP contribution >= 0.6 is 0 Å². The third-order valence-corrected chi connectivity index (χ3v) is 9.78. The van der Waals surface area contributed by atoms with Gasteiger partial charge in [0.05, 0.1) is 44.1 Å². The van der Waals surface area contributed by atoms with Crippen LogP contribution in [-0.4, -0.2) is 168 Å². The van der Waals surface area contributed by atoms with E-state index in [1.165, 1.54) is 57.4 Å². The fourth-order valence-corrected chi connectivity index (χ4v) is 6.47. The smallest absolute Gasteiger partial charge is 0.409 e. The quantitative estimate of drug-likeness (QED) is 0.0376. The van der Waals surface area contributed by atoms with Crippen molar-refractivity contribution < 1.29 is 84.4 Å². The first kappa shape index (κ1) is 48.6. The van der Waals surface area contributed by atoms with Gasteiger partial charge < -0.3 is 80.6 Å². The SMILES string of the molecule is CCCCCCCCCCCCCC=CC(O)C(CO)NC(=O)OC1OC(COC2(C(=O)O)CC(O)C(NC(C)=O)C(C(O)C(O)CO)O2)C(O)C(O)C1O. The maximum Gasteiger partial charge on any atom is 0.409 e. The summed E-state index contributed by atoms with van der Waals surface area (Å²) in [5.74, 6) is -5.39. The van der Waals surface area contributed by atoms with Crippen LogP contribution in [0.2, 0.25) is 0 Å². The van der Waals surface area contributed by atoms with Gasteiger partial charge in [-0.3, -0.25) is 4.79 Å². The van der Waals surface area contributed by atoms with Gasteiger partial charge in [0, 0.05) is 13.3 Å². The van der Waals surface area contributed by atoms with E-state index >= 15 is 0 Å². The Morgan fingerprint density at radius 1 is 0.873 bits per heavy atom. The molecule has 0 saturated carbocycles. The lowest BCUT2D eigenvalue weighted by Gasteiger charge is -2.47. The molecule has 2 saturated heterocycles. The van der Waals surface area contributed by atoms with Crippen LogP contribution in [-0.2, 0) is 28.5 Å². The Morgan fingerprint density at radius 3 is 2.02 bits per heavy atom. The third kappa shape index (κ3) is 15.4. The van der Waals surface area contributed by atoms with Gasteiger partial charge in [0.15, 0.2) is 0 Å². The summed E-state index contributed by atoms with van der Waals surface area (Å²) in [7, 11) is 0. The predicted octanol–water partition coefficient (Wildman–Crippen LogP) is -1.33. The number of hydrogen-bond donors (Lipinski definition) is 12. The van der Waals surface area contributed by atoms with E-state index in [0.29, 0.717) is 6.42 Å². The van der Waals surface area contributed by atoms with Crippen LogP contribution in [0.5, 0.6) is 0 Å². The molecule has 2 fully saturated rings. The van der Waals surface area contributed by atoms with Gasteiger partial charge in [0.1, 0.15) is 42.7 Å². The molecule has 0 aromatic heterocycles. The summed E-state index contributed by atoms with van der Waals surface area (Å²) in [4.78, 5) is 36.9. The largest absolute Gasteiger partial charge is 0.477 e. The van der Waals surface area contributed by atoms with Crippen LogP contribution < -0.4 is 10.6 Å². The molecule has 2 amide bonds. The fraction of sp³-hybridized carbons (Fsp3) is 0.861. The highest BCUT2D eigenvalue weighted by Crippen LogP contribution is 2.35. The molecule has 2 rings (SSSR count). The molecule has 0 aliphatic carbocycles. The number of aliphatic hydroxyl groups excluding tert-OH is 9. The first-order valence-electron chi connectivity index (χ1n) is 19.2. The number of allylic oxidation sites excluding steroid dienone is 1. The molecule has 320 valence electrons. The number of carbonyl (C=O) groups excluding carboxylic acids is 2. The number of carboxylic acids is 1. The molecule has 0 aromatic carbocycles. The summed E-state index contributed by atoms with van der Waals surface area (Å²) in [6.07, 6.45) is -3.84. The summed E-state index contributed by atoms with van der Waals surface area (Å²) in [5, 5.41) is 107. The van der Waals surface area contributed by atoms with Gasteiger partial charge in [-0.1, -0.05) is 83.3 Å². The number of carbonyl (C=O) groups is 3. The van der Waals surface area contributed by atoms with Crippen molar-refractivity contribution in [1.29, 1.82) is 0 Å². The van der Waals surface area contributed by atoms with E-state index in [-0.39, 0.29) is 0 Å². The molecule has 2 aliphatic heterocycles. The third-order valence-electron chi connectivity index (χ3n) is 9.78. The van der Waals surface area contributed by atoms with Gasteiger partial charge in [-0.05, 0) is 12.8 Å². The number of amides is 2. The Morgan fingerprint density at radius 2 is 1.47 bits per heavy atom. The maximum absolute atomic E-state index is 12.7. The number of alkyl carbamates (subject to hydrolysis) is 1. The molecule has 55 heavy (non-hydrogen) atoms. The van der Waals surface area contributed by atoms with E-state index in [1.54, 1.807) is 6.08 Å². The standard InChI is InChI=1S/C36H64N2O17/c1-3-4-5-6-7-8-9-10-11-12-13-14-15-16-23(42)22(18-39)38-35(51)54-33-31(48)30(47)29(46)26(53-33)20-52-36(34(49)50)17-24(43)27(37-21(2)41)32(55-36)28(45)25(44)19-40/h15-16,22-33,39-40,42-48H,3-14,17-20H2,1-2H3,(H,37,41)(H,38,51)(H,49,50). The van der Waals surface area contributed by atoms with Gasteiger partial charge >= 0.3 is 12.1 Å². The lowest BCUT2D eigenvalue weighted by atomic mass is 9.88. The number of ether oxygens (including phenoxy) is 4. The molecule has 13 atom stereocenters. The van der Waals surface area contributed by atoms with Crippen molar-refractivity contribution in [2.75, 3.05) is 19.8 Å². The Bertz CT molecular complexity index is 1170. The monoisotopic (exact) mass is 796 g/mol.